The van der Waals surface area contributed by atoms with Crippen LogP contribution < -0.4 is 30.2 Å². The van der Waals surface area contributed by atoms with Crippen molar-refractivity contribution in [1.29, 1.82) is 0 Å². The Kier molecular flexibility index (Phi) is 4.50. The molecule has 0 spiro atoms. The molecule has 0 saturated carbocycles. The molecule has 4 rings (SSSR count). The number of fused-ring (bicyclic) bond motifs is 4. The highest BCUT2D eigenvalue weighted by Gasteiger charge is 2.55. The normalized spacial score (nSPS) is 24.8. The summed E-state index contributed by atoms with van der Waals surface area (Å²) < 4.78 is 17.0. The highest BCUT2D eigenvalue weighted by molar-refractivity contribution is 7.80. The van der Waals surface area contributed by atoms with Gasteiger partial charge in [0.05, 0.1) is 25.9 Å². The van der Waals surface area contributed by atoms with Crippen molar-refractivity contribution in [2.75, 3.05) is 19.5 Å². The maximum absolute atomic E-state index is 13.3. The zero-order valence-electron chi connectivity index (χ0n) is 15.7. The van der Waals surface area contributed by atoms with Crippen LogP contribution in [0.15, 0.2) is 42.5 Å². The SMILES string of the molecule is COc1ccccc1NC(=O)[C@H]1[C@H]2NC(=S)N[C@@]1(C)Oc1c(OC)cccc12. The van der Waals surface area contributed by atoms with E-state index in [1.54, 1.807) is 26.4 Å². The van der Waals surface area contributed by atoms with Crippen molar-refractivity contribution in [1.82, 2.24) is 10.6 Å². The molecule has 1 amide bonds. The quantitative estimate of drug-likeness (QED) is 0.682. The Balaban J connectivity index is 1.74. The number of amides is 1. The van der Waals surface area contributed by atoms with Crippen molar-refractivity contribution in [3.05, 3.63) is 48.0 Å². The van der Waals surface area contributed by atoms with E-state index >= 15 is 0 Å². The summed E-state index contributed by atoms with van der Waals surface area (Å²) in [6.07, 6.45) is 0. The molecule has 0 radical (unpaired) electrons. The van der Waals surface area contributed by atoms with Crippen LogP contribution in [0.1, 0.15) is 18.5 Å². The van der Waals surface area contributed by atoms with Crippen molar-refractivity contribution in [3.8, 4) is 17.2 Å². The predicted octanol–water partition coefficient (Wildman–Crippen LogP) is 2.59. The number of hydrogen-bond donors (Lipinski definition) is 3. The molecule has 3 N–H and O–H groups in total. The second-order valence-electron chi connectivity index (χ2n) is 6.83. The first-order valence-electron chi connectivity index (χ1n) is 8.85. The number of methoxy groups -OCH3 is 2. The molecule has 1 saturated heterocycles. The molecule has 2 aliphatic heterocycles. The molecule has 2 heterocycles. The molecule has 146 valence electrons. The molecular formula is C20H21N3O4S. The zero-order chi connectivity index (χ0) is 19.9. The van der Waals surface area contributed by atoms with E-state index in [4.69, 9.17) is 26.4 Å². The van der Waals surface area contributed by atoms with Gasteiger partial charge in [0.2, 0.25) is 5.91 Å². The third-order valence-corrected chi connectivity index (χ3v) is 5.32. The van der Waals surface area contributed by atoms with Gasteiger partial charge in [-0.2, -0.15) is 0 Å². The Morgan fingerprint density at radius 3 is 2.61 bits per heavy atom. The fraction of sp³-hybridized carbons (Fsp3) is 0.300. The molecule has 2 aromatic carbocycles. The number of anilines is 1. The van der Waals surface area contributed by atoms with Gasteiger partial charge < -0.3 is 30.2 Å². The molecule has 3 atom stereocenters. The van der Waals surface area contributed by atoms with Crippen LogP contribution in [-0.2, 0) is 4.79 Å². The number of nitrogens with one attached hydrogen (secondary N) is 3. The van der Waals surface area contributed by atoms with Gasteiger partial charge in [-0.3, -0.25) is 4.79 Å². The number of ether oxygens (including phenoxy) is 3. The highest BCUT2D eigenvalue weighted by atomic mass is 32.1. The van der Waals surface area contributed by atoms with Crippen LogP contribution >= 0.6 is 12.2 Å². The van der Waals surface area contributed by atoms with E-state index in [1.807, 2.05) is 37.3 Å². The van der Waals surface area contributed by atoms with Gasteiger partial charge in [0.25, 0.3) is 0 Å². The summed E-state index contributed by atoms with van der Waals surface area (Å²) in [6, 6.07) is 12.5. The average molecular weight is 399 g/mol. The van der Waals surface area contributed by atoms with Crippen LogP contribution in [0.3, 0.4) is 0 Å². The van der Waals surface area contributed by atoms with Gasteiger partial charge in [-0.15, -0.1) is 0 Å². The first-order valence-corrected chi connectivity index (χ1v) is 9.26. The number of benzene rings is 2. The number of thiocarbonyl (C=S) groups is 1. The molecular weight excluding hydrogens is 378 g/mol. The zero-order valence-corrected chi connectivity index (χ0v) is 16.6. The van der Waals surface area contributed by atoms with E-state index < -0.39 is 11.6 Å². The second-order valence-corrected chi connectivity index (χ2v) is 7.24. The summed E-state index contributed by atoms with van der Waals surface area (Å²) >= 11 is 5.35. The fourth-order valence-corrected chi connectivity index (χ4v) is 4.18. The summed E-state index contributed by atoms with van der Waals surface area (Å²) in [7, 11) is 3.15. The molecule has 1 fully saturated rings. The highest BCUT2D eigenvalue weighted by Crippen LogP contribution is 2.49. The van der Waals surface area contributed by atoms with E-state index in [-0.39, 0.29) is 11.9 Å². The maximum atomic E-state index is 13.3. The summed E-state index contributed by atoms with van der Waals surface area (Å²) in [6.45, 7) is 1.81. The Hall–Kier alpha value is -3.00. The minimum Gasteiger partial charge on any atom is -0.495 e. The van der Waals surface area contributed by atoms with Gasteiger partial charge in [0.1, 0.15) is 11.7 Å². The molecule has 2 bridgehead atoms. The largest absolute Gasteiger partial charge is 0.495 e. The molecule has 0 aromatic heterocycles. The van der Waals surface area contributed by atoms with Crippen LogP contribution in [0.25, 0.3) is 0 Å². The van der Waals surface area contributed by atoms with Crippen LogP contribution in [0.2, 0.25) is 0 Å². The monoisotopic (exact) mass is 399 g/mol. The Labute approximate surface area is 168 Å². The van der Waals surface area contributed by atoms with Crippen LogP contribution in [-0.4, -0.2) is 31.0 Å². The summed E-state index contributed by atoms with van der Waals surface area (Å²) in [4.78, 5) is 13.3. The number of para-hydroxylation sites is 3. The Bertz CT molecular complexity index is 951. The first kappa shape index (κ1) is 18.4. The van der Waals surface area contributed by atoms with Crippen LogP contribution in [0.5, 0.6) is 17.2 Å². The summed E-state index contributed by atoms with van der Waals surface area (Å²) in [5.41, 5.74) is 0.373. The number of carbonyl (C=O) groups is 1. The average Bonchev–Trinajstić information content (AvgIpc) is 2.66. The lowest BCUT2D eigenvalue weighted by Crippen LogP contribution is -2.70. The van der Waals surface area contributed by atoms with Gasteiger partial charge >= 0.3 is 0 Å². The molecule has 0 unspecified atom stereocenters. The van der Waals surface area contributed by atoms with Gasteiger partial charge in [0, 0.05) is 5.56 Å². The first-order chi connectivity index (χ1) is 13.5. The maximum Gasteiger partial charge on any atom is 0.236 e. The molecule has 0 aliphatic carbocycles. The van der Waals surface area contributed by atoms with Crippen molar-refractivity contribution in [2.24, 2.45) is 5.92 Å². The van der Waals surface area contributed by atoms with Gasteiger partial charge in [-0.1, -0.05) is 24.3 Å². The lowest BCUT2D eigenvalue weighted by molar-refractivity contribution is -0.132. The standard InChI is InChI=1S/C20H21N3O4S/c1-20-15(18(24)21-12-8-4-5-9-13(12)25-2)16(22-19(28)23-20)11-7-6-10-14(26-3)17(11)27-20/h4-10,15-16H,1-3H3,(H,21,24)(H2,22,23,28)/t15-,16+,20+/m1/s1. The number of hydrogen-bond acceptors (Lipinski definition) is 5. The minimum absolute atomic E-state index is 0.215. The number of rotatable bonds is 4. The van der Waals surface area contributed by atoms with Crippen LogP contribution in [0, 0.1) is 5.92 Å². The molecule has 2 aliphatic rings. The minimum atomic E-state index is -1.04. The Morgan fingerprint density at radius 2 is 1.86 bits per heavy atom. The molecule has 7 nitrogen and oxygen atoms in total. The van der Waals surface area contributed by atoms with Gasteiger partial charge in [0.15, 0.2) is 22.3 Å². The van der Waals surface area contributed by atoms with E-state index in [0.717, 1.165) is 5.56 Å². The lowest BCUT2D eigenvalue weighted by atomic mass is 9.79. The van der Waals surface area contributed by atoms with E-state index in [1.165, 1.54) is 0 Å². The summed E-state index contributed by atoms with van der Waals surface area (Å²) in [5, 5.41) is 9.72. The second kappa shape index (κ2) is 6.87. The number of carbonyl (C=O) groups excluding carboxylic acids is 1. The predicted molar refractivity (Wildman–Crippen MR) is 109 cm³/mol. The summed E-state index contributed by atoms with van der Waals surface area (Å²) in [5.74, 6) is 0.980. The Morgan fingerprint density at radius 1 is 1.14 bits per heavy atom. The lowest BCUT2D eigenvalue weighted by Gasteiger charge is -2.50. The molecule has 2 aromatic rings. The van der Waals surface area contributed by atoms with Crippen molar-refractivity contribution in [2.45, 2.75) is 18.7 Å². The van der Waals surface area contributed by atoms with Gasteiger partial charge in [-0.05, 0) is 37.3 Å². The molecule has 28 heavy (non-hydrogen) atoms. The van der Waals surface area contributed by atoms with Crippen molar-refractivity contribution < 1.29 is 19.0 Å². The fourth-order valence-electron chi connectivity index (χ4n) is 3.85. The third kappa shape index (κ3) is 2.90. The third-order valence-electron chi connectivity index (χ3n) is 5.10. The van der Waals surface area contributed by atoms with Crippen molar-refractivity contribution >= 4 is 28.9 Å². The van der Waals surface area contributed by atoms with Crippen LogP contribution in [0.4, 0.5) is 5.69 Å². The van der Waals surface area contributed by atoms with Crippen molar-refractivity contribution in [3.63, 3.8) is 0 Å². The van der Waals surface area contributed by atoms with E-state index in [0.29, 0.717) is 28.0 Å². The molecule has 8 heteroatoms. The van der Waals surface area contributed by atoms with Gasteiger partial charge in [-0.25, -0.2) is 0 Å². The van der Waals surface area contributed by atoms with E-state index in [9.17, 15) is 4.79 Å². The topological polar surface area (TPSA) is 80.9 Å². The smallest absolute Gasteiger partial charge is 0.236 e. The van der Waals surface area contributed by atoms with E-state index in [2.05, 4.69) is 16.0 Å².